The molecule has 1 aromatic carbocycles. The molecule has 2 aromatic rings. The van der Waals surface area contributed by atoms with Gasteiger partial charge < -0.3 is 9.30 Å². The van der Waals surface area contributed by atoms with Crippen molar-refractivity contribution in [2.45, 2.75) is 12.3 Å². The molecule has 0 saturated heterocycles. The topological polar surface area (TPSA) is 27.1 Å². The number of aromatic nitrogens is 2. The average Bonchev–Trinajstić information content (AvgIpc) is 2.77. The first-order valence-electron chi connectivity index (χ1n) is 5.64. The van der Waals surface area contributed by atoms with E-state index in [0.29, 0.717) is 23.3 Å². The molecular formula is C13H14Cl2N2O. The van der Waals surface area contributed by atoms with E-state index in [0.717, 1.165) is 17.8 Å². The molecule has 1 aromatic heterocycles. The van der Waals surface area contributed by atoms with Crippen molar-refractivity contribution in [1.29, 1.82) is 0 Å². The quantitative estimate of drug-likeness (QED) is 0.787. The second-order valence-electron chi connectivity index (χ2n) is 3.91. The van der Waals surface area contributed by atoms with Crippen LogP contribution in [-0.4, -0.2) is 16.2 Å². The van der Waals surface area contributed by atoms with Gasteiger partial charge in [-0.15, -0.1) is 11.6 Å². The van der Waals surface area contributed by atoms with Gasteiger partial charge in [-0.2, -0.15) is 0 Å². The average molecular weight is 285 g/mol. The number of nitrogens with zero attached hydrogens (tertiary/aromatic N) is 2. The molecule has 0 bridgehead atoms. The van der Waals surface area contributed by atoms with Gasteiger partial charge in [0.2, 0.25) is 0 Å². The number of para-hydroxylation sites is 1. The number of imidazole rings is 1. The number of halogens is 2. The number of aryl methyl sites for hydroxylation is 1. The molecule has 0 radical (unpaired) electrons. The highest BCUT2D eigenvalue weighted by Gasteiger charge is 2.08. The lowest BCUT2D eigenvalue weighted by molar-refractivity contribution is 0.315. The third-order valence-corrected chi connectivity index (χ3v) is 3.27. The minimum absolute atomic E-state index is 0.387. The second-order valence-corrected chi connectivity index (χ2v) is 4.59. The first-order valence-corrected chi connectivity index (χ1v) is 6.56. The number of benzene rings is 1. The van der Waals surface area contributed by atoms with Crippen LogP contribution in [0.25, 0.3) is 0 Å². The Kier molecular flexibility index (Phi) is 4.50. The lowest BCUT2D eigenvalue weighted by Crippen LogP contribution is -2.07. The summed E-state index contributed by atoms with van der Waals surface area (Å²) in [6.45, 7) is 0.526. The van der Waals surface area contributed by atoms with E-state index in [-0.39, 0.29) is 0 Å². The van der Waals surface area contributed by atoms with Crippen LogP contribution in [0, 0.1) is 0 Å². The van der Waals surface area contributed by atoms with Crippen molar-refractivity contribution in [2.24, 2.45) is 7.05 Å². The Morgan fingerprint density at radius 2 is 2.22 bits per heavy atom. The Morgan fingerprint density at radius 3 is 2.89 bits per heavy atom. The molecule has 0 aliphatic heterocycles. The minimum atomic E-state index is 0.387. The summed E-state index contributed by atoms with van der Waals surface area (Å²) in [5.74, 6) is 2.04. The predicted molar refractivity (Wildman–Crippen MR) is 73.4 cm³/mol. The highest BCUT2D eigenvalue weighted by molar-refractivity contribution is 6.32. The van der Waals surface area contributed by atoms with Gasteiger partial charge in [0.1, 0.15) is 11.6 Å². The van der Waals surface area contributed by atoms with Crippen molar-refractivity contribution in [1.82, 2.24) is 9.55 Å². The van der Waals surface area contributed by atoms with Gasteiger partial charge in [-0.05, 0) is 6.07 Å². The summed E-state index contributed by atoms with van der Waals surface area (Å²) in [6.07, 6.45) is 4.42. The lowest BCUT2D eigenvalue weighted by atomic mass is 10.2. The highest BCUT2D eigenvalue weighted by Crippen LogP contribution is 2.29. The maximum absolute atomic E-state index is 6.10. The molecule has 0 spiro atoms. The normalized spacial score (nSPS) is 10.6. The predicted octanol–water partition coefficient (Wildman–Crippen LogP) is 3.43. The summed E-state index contributed by atoms with van der Waals surface area (Å²) < 4.78 is 7.69. The number of alkyl halides is 1. The van der Waals surface area contributed by atoms with Crippen LogP contribution in [0.2, 0.25) is 5.02 Å². The van der Waals surface area contributed by atoms with E-state index in [1.54, 1.807) is 12.3 Å². The third kappa shape index (κ3) is 2.98. The van der Waals surface area contributed by atoms with Gasteiger partial charge in [0.25, 0.3) is 0 Å². The molecule has 2 rings (SSSR count). The van der Waals surface area contributed by atoms with Crippen LogP contribution in [0.1, 0.15) is 11.4 Å². The largest absolute Gasteiger partial charge is 0.491 e. The van der Waals surface area contributed by atoms with Crippen LogP contribution >= 0.6 is 23.2 Å². The van der Waals surface area contributed by atoms with Crippen LogP contribution in [0.15, 0.2) is 30.6 Å². The first kappa shape index (κ1) is 13.2. The van der Waals surface area contributed by atoms with Crippen molar-refractivity contribution in [3.63, 3.8) is 0 Å². The molecular weight excluding hydrogens is 271 g/mol. The van der Waals surface area contributed by atoms with Crippen molar-refractivity contribution in [3.8, 4) is 5.75 Å². The van der Waals surface area contributed by atoms with E-state index in [9.17, 15) is 0 Å². The molecule has 0 N–H and O–H groups in total. The number of rotatable bonds is 5. The molecule has 0 atom stereocenters. The number of ether oxygens (including phenoxy) is 1. The van der Waals surface area contributed by atoms with E-state index in [1.807, 2.05) is 29.9 Å². The van der Waals surface area contributed by atoms with Crippen LogP contribution in [0.5, 0.6) is 5.75 Å². The molecule has 96 valence electrons. The van der Waals surface area contributed by atoms with Gasteiger partial charge in [0.15, 0.2) is 0 Å². The van der Waals surface area contributed by atoms with E-state index in [2.05, 4.69) is 4.98 Å². The van der Waals surface area contributed by atoms with E-state index in [4.69, 9.17) is 27.9 Å². The lowest BCUT2D eigenvalue weighted by Gasteiger charge is -2.11. The smallest absolute Gasteiger partial charge is 0.142 e. The van der Waals surface area contributed by atoms with Crippen LogP contribution in [-0.2, 0) is 19.3 Å². The van der Waals surface area contributed by atoms with Gasteiger partial charge in [-0.3, -0.25) is 0 Å². The maximum atomic E-state index is 6.10. The van der Waals surface area contributed by atoms with Crippen LogP contribution in [0.3, 0.4) is 0 Å². The van der Waals surface area contributed by atoms with Crippen LogP contribution in [0.4, 0.5) is 0 Å². The molecule has 1 heterocycles. The molecule has 0 aliphatic rings. The molecule has 0 fully saturated rings. The molecule has 0 unspecified atom stereocenters. The molecule has 0 amide bonds. The first-order chi connectivity index (χ1) is 8.72. The molecule has 3 nitrogen and oxygen atoms in total. The van der Waals surface area contributed by atoms with Crippen molar-refractivity contribution < 1.29 is 4.74 Å². The number of hydrogen-bond donors (Lipinski definition) is 0. The van der Waals surface area contributed by atoms with Gasteiger partial charge in [-0.25, -0.2) is 4.98 Å². The maximum Gasteiger partial charge on any atom is 0.142 e. The Morgan fingerprint density at radius 1 is 1.39 bits per heavy atom. The summed E-state index contributed by atoms with van der Waals surface area (Å²) in [6, 6.07) is 5.58. The Hall–Kier alpha value is -1.19. The summed E-state index contributed by atoms with van der Waals surface area (Å²) in [5.41, 5.74) is 0.906. The standard InChI is InChI=1S/C13H14Cl2N2O/c1-17-7-6-16-12(17)5-8-18-13-10(9-14)3-2-4-11(13)15/h2-4,6-7H,5,8-9H2,1H3. The Labute approximate surface area is 116 Å². The van der Waals surface area contributed by atoms with Gasteiger partial charge in [-0.1, -0.05) is 23.7 Å². The third-order valence-electron chi connectivity index (χ3n) is 2.69. The zero-order chi connectivity index (χ0) is 13.0. The fourth-order valence-corrected chi connectivity index (χ4v) is 2.16. The Balaban J connectivity index is 2.00. The minimum Gasteiger partial charge on any atom is -0.491 e. The summed E-state index contributed by atoms with van der Waals surface area (Å²) in [4.78, 5) is 4.24. The van der Waals surface area contributed by atoms with Crippen molar-refractivity contribution in [3.05, 3.63) is 47.0 Å². The van der Waals surface area contributed by atoms with Gasteiger partial charge >= 0.3 is 0 Å². The second kappa shape index (κ2) is 6.12. The number of hydrogen-bond acceptors (Lipinski definition) is 2. The van der Waals surface area contributed by atoms with Crippen LogP contribution < -0.4 is 4.74 Å². The summed E-state index contributed by atoms with van der Waals surface area (Å²) in [7, 11) is 1.96. The van der Waals surface area contributed by atoms with E-state index >= 15 is 0 Å². The van der Waals surface area contributed by atoms with Gasteiger partial charge in [0.05, 0.1) is 17.5 Å². The van der Waals surface area contributed by atoms with E-state index < -0.39 is 0 Å². The zero-order valence-corrected chi connectivity index (χ0v) is 11.6. The molecule has 0 aliphatic carbocycles. The summed E-state index contributed by atoms with van der Waals surface area (Å²) >= 11 is 11.9. The highest BCUT2D eigenvalue weighted by atomic mass is 35.5. The van der Waals surface area contributed by atoms with Gasteiger partial charge in [0, 0.05) is 31.4 Å². The molecule has 5 heteroatoms. The fourth-order valence-electron chi connectivity index (χ4n) is 1.70. The van der Waals surface area contributed by atoms with E-state index in [1.165, 1.54) is 0 Å². The zero-order valence-electron chi connectivity index (χ0n) is 10.1. The molecule has 0 saturated carbocycles. The summed E-state index contributed by atoms with van der Waals surface area (Å²) in [5, 5.41) is 0.591. The monoisotopic (exact) mass is 284 g/mol. The molecule has 18 heavy (non-hydrogen) atoms. The van der Waals surface area contributed by atoms with Crippen molar-refractivity contribution >= 4 is 23.2 Å². The fraction of sp³-hybridized carbons (Fsp3) is 0.308. The Bertz CT molecular complexity index is 525. The van der Waals surface area contributed by atoms with Crippen molar-refractivity contribution in [2.75, 3.05) is 6.61 Å². The SMILES string of the molecule is Cn1ccnc1CCOc1c(Cl)cccc1CCl.